The van der Waals surface area contributed by atoms with Crippen molar-refractivity contribution in [1.82, 2.24) is 10.1 Å². The summed E-state index contributed by atoms with van der Waals surface area (Å²) in [6.07, 6.45) is 3.48. The van der Waals surface area contributed by atoms with Gasteiger partial charge in [0.1, 0.15) is 6.26 Å². The highest BCUT2D eigenvalue weighted by Crippen LogP contribution is 2.30. The summed E-state index contributed by atoms with van der Waals surface area (Å²) >= 11 is 0. The standard InChI is InChI=1S/C9H6N2O/c1-2-7-8(10-3-1)4-6-5-12-11-9(6)7/h1-5,11H. The molecule has 58 valence electrons. The maximum atomic E-state index is 4.96. The minimum absolute atomic E-state index is 1.01. The second-order valence-electron chi connectivity index (χ2n) is 2.75. The third kappa shape index (κ3) is 0.580. The molecule has 1 N–H and O–H groups in total. The summed E-state index contributed by atoms with van der Waals surface area (Å²) in [5.74, 6) is 0. The van der Waals surface area contributed by atoms with Gasteiger partial charge in [0.25, 0.3) is 0 Å². The normalized spacial score (nSPS) is 11.3. The number of rotatable bonds is 0. The number of hydrogen-bond acceptors (Lipinski definition) is 2. The molecule has 1 aliphatic carbocycles. The van der Waals surface area contributed by atoms with E-state index < -0.39 is 0 Å². The summed E-state index contributed by atoms with van der Waals surface area (Å²) in [4.78, 5) is 4.23. The maximum absolute atomic E-state index is 4.96. The first kappa shape index (κ1) is 5.83. The molecule has 0 fully saturated rings. The van der Waals surface area contributed by atoms with Crippen LogP contribution in [0.1, 0.15) is 0 Å². The summed E-state index contributed by atoms with van der Waals surface area (Å²) in [6, 6.07) is 5.95. The predicted octanol–water partition coefficient (Wildman–Crippen LogP) is 2.26. The highest BCUT2D eigenvalue weighted by molar-refractivity contribution is 5.97. The Morgan fingerprint density at radius 1 is 1.42 bits per heavy atom. The molecule has 0 atom stereocenters. The number of aromatic amines is 1. The summed E-state index contributed by atoms with van der Waals surface area (Å²) in [5, 5.41) is 3.94. The third-order valence-corrected chi connectivity index (χ3v) is 2.04. The lowest BCUT2D eigenvalue weighted by Gasteiger charge is -1.86. The van der Waals surface area contributed by atoms with Gasteiger partial charge in [0.15, 0.2) is 0 Å². The first-order chi connectivity index (χ1) is 5.95. The monoisotopic (exact) mass is 158 g/mol. The van der Waals surface area contributed by atoms with Gasteiger partial charge >= 0.3 is 0 Å². The van der Waals surface area contributed by atoms with Crippen molar-refractivity contribution in [3.63, 3.8) is 0 Å². The maximum Gasteiger partial charge on any atom is 0.128 e. The average molecular weight is 158 g/mol. The Morgan fingerprint density at radius 3 is 3.42 bits per heavy atom. The second-order valence-corrected chi connectivity index (χ2v) is 2.75. The Balaban J connectivity index is 2.59. The lowest BCUT2D eigenvalue weighted by molar-refractivity contribution is 0.425. The van der Waals surface area contributed by atoms with Crippen molar-refractivity contribution < 1.29 is 4.52 Å². The molecule has 2 aliphatic rings. The molecule has 0 saturated carbocycles. The van der Waals surface area contributed by atoms with Crippen LogP contribution in [-0.4, -0.2) is 10.1 Å². The van der Waals surface area contributed by atoms with Gasteiger partial charge in [-0.25, -0.2) is 5.16 Å². The van der Waals surface area contributed by atoms with Crippen molar-refractivity contribution in [1.29, 1.82) is 0 Å². The molecule has 0 radical (unpaired) electrons. The van der Waals surface area contributed by atoms with Crippen LogP contribution in [-0.2, 0) is 0 Å². The van der Waals surface area contributed by atoms with Crippen LogP contribution >= 0.6 is 0 Å². The molecule has 0 bridgehead atoms. The largest absolute Gasteiger partial charge is 0.389 e. The van der Waals surface area contributed by atoms with Crippen molar-refractivity contribution in [2.75, 3.05) is 0 Å². The molecule has 0 unspecified atom stereocenters. The molecule has 3 nitrogen and oxygen atoms in total. The van der Waals surface area contributed by atoms with E-state index in [-0.39, 0.29) is 0 Å². The second kappa shape index (κ2) is 1.88. The SMILES string of the molecule is c1cnc2cc3co[nH]c-3c2c1. The topological polar surface area (TPSA) is 41.8 Å². The van der Waals surface area contributed by atoms with Crippen molar-refractivity contribution in [3.05, 3.63) is 30.7 Å². The number of nitrogens with zero attached hydrogens (tertiary/aromatic N) is 1. The average Bonchev–Trinajstić information content (AvgIpc) is 2.62. The van der Waals surface area contributed by atoms with Crippen LogP contribution in [0.3, 0.4) is 0 Å². The van der Waals surface area contributed by atoms with Gasteiger partial charge < -0.3 is 4.52 Å². The fourth-order valence-electron chi connectivity index (χ4n) is 1.48. The third-order valence-electron chi connectivity index (χ3n) is 2.04. The zero-order valence-electron chi connectivity index (χ0n) is 6.24. The van der Waals surface area contributed by atoms with E-state index in [0.717, 1.165) is 22.2 Å². The molecule has 0 aromatic carbocycles. The van der Waals surface area contributed by atoms with Gasteiger partial charge in [0.05, 0.1) is 11.2 Å². The summed E-state index contributed by atoms with van der Waals surface area (Å²) < 4.78 is 4.96. The molecule has 12 heavy (non-hydrogen) atoms. The minimum Gasteiger partial charge on any atom is -0.389 e. The van der Waals surface area contributed by atoms with Crippen LogP contribution in [0.5, 0.6) is 0 Å². The van der Waals surface area contributed by atoms with Gasteiger partial charge in [-0.1, -0.05) is 0 Å². The van der Waals surface area contributed by atoms with E-state index in [1.165, 1.54) is 0 Å². The molecule has 1 aromatic heterocycles. The molecular formula is C9H6N2O. The zero-order valence-corrected chi connectivity index (χ0v) is 6.24. The van der Waals surface area contributed by atoms with E-state index in [9.17, 15) is 0 Å². The molecule has 1 aliphatic heterocycles. The van der Waals surface area contributed by atoms with Gasteiger partial charge in [-0.15, -0.1) is 0 Å². The van der Waals surface area contributed by atoms with E-state index in [1.807, 2.05) is 18.2 Å². The van der Waals surface area contributed by atoms with Gasteiger partial charge in [0, 0.05) is 17.1 Å². The molecule has 3 rings (SSSR count). The highest BCUT2D eigenvalue weighted by atomic mass is 16.5. The zero-order chi connectivity index (χ0) is 7.97. The van der Waals surface area contributed by atoms with Crippen molar-refractivity contribution >= 4 is 10.9 Å². The number of aromatic nitrogens is 2. The van der Waals surface area contributed by atoms with Crippen molar-refractivity contribution in [2.24, 2.45) is 0 Å². The fourth-order valence-corrected chi connectivity index (χ4v) is 1.48. The molecular weight excluding hydrogens is 152 g/mol. The molecule has 0 saturated heterocycles. The van der Waals surface area contributed by atoms with E-state index in [1.54, 1.807) is 12.5 Å². The first-order valence-corrected chi connectivity index (χ1v) is 3.74. The van der Waals surface area contributed by atoms with Crippen molar-refractivity contribution in [2.45, 2.75) is 0 Å². The quantitative estimate of drug-likeness (QED) is 0.545. The minimum atomic E-state index is 1.01. The molecule has 2 heterocycles. The van der Waals surface area contributed by atoms with Crippen LogP contribution in [0.25, 0.3) is 22.2 Å². The van der Waals surface area contributed by atoms with Crippen LogP contribution < -0.4 is 0 Å². The summed E-state index contributed by atoms with van der Waals surface area (Å²) in [5.41, 5.74) is 3.11. The van der Waals surface area contributed by atoms with Gasteiger partial charge in [-0.2, -0.15) is 0 Å². The Bertz CT molecular complexity index is 494. The molecule has 1 aromatic rings. The number of nitrogens with one attached hydrogen (secondary N) is 1. The van der Waals surface area contributed by atoms with E-state index in [4.69, 9.17) is 4.52 Å². The Hall–Kier alpha value is -1.77. The van der Waals surface area contributed by atoms with E-state index in [0.29, 0.717) is 0 Å². The van der Waals surface area contributed by atoms with Gasteiger partial charge in [-0.05, 0) is 18.2 Å². The highest BCUT2D eigenvalue weighted by Gasteiger charge is 2.11. The molecule has 0 spiro atoms. The number of hydrogen-bond donors (Lipinski definition) is 1. The summed E-state index contributed by atoms with van der Waals surface area (Å²) in [6.45, 7) is 0. The number of pyridine rings is 1. The van der Waals surface area contributed by atoms with E-state index in [2.05, 4.69) is 10.1 Å². The number of H-pyrrole nitrogens is 1. The van der Waals surface area contributed by atoms with Crippen molar-refractivity contribution in [3.8, 4) is 11.3 Å². The fraction of sp³-hybridized carbons (Fsp3) is 0. The Labute approximate surface area is 68.3 Å². The van der Waals surface area contributed by atoms with Gasteiger partial charge in [-0.3, -0.25) is 4.98 Å². The molecule has 0 amide bonds. The lowest BCUT2D eigenvalue weighted by Crippen LogP contribution is -1.70. The number of fused-ring (bicyclic) bond motifs is 3. The Kier molecular flexibility index (Phi) is 0.913. The van der Waals surface area contributed by atoms with Crippen LogP contribution in [0.15, 0.2) is 35.2 Å². The van der Waals surface area contributed by atoms with Crippen LogP contribution in [0.4, 0.5) is 0 Å². The van der Waals surface area contributed by atoms with Crippen LogP contribution in [0, 0.1) is 0 Å². The molecule has 3 heteroatoms. The van der Waals surface area contributed by atoms with Gasteiger partial charge in [0.2, 0.25) is 0 Å². The Morgan fingerprint density at radius 2 is 2.42 bits per heavy atom. The first-order valence-electron chi connectivity index (χ1n) is 3.74. The van der Waals surface area contributed by atoms with Crippen LogP contribution in [0.2, 0.25) is 0 Å². The van der Waals surface area contributed by atoms with E-state index >= 15 is 0 Å². The summed E-state index contributed by atoms with van der Waals surface area (Å²) in [7, 11) is 0. The lowest BCUT2D eigenvalue weighted by atomic mass is 10.2. The predicted molar refractivity (Wildman–Crippen MR) is 45.0 cm³/mol. The smallest absolute Gasteiger partial charge is 0.128 e.